The lowest BCUT2D eigenvalue weighted by atomic mass is 10.1. The SMILES string of the molecule is COc1cc(CNC(=O)Cc2ccc(-n3cccn3)cc2)cc(Br)c1OC. The monoisotopic (exact) mass is 429 g/mol. The second-order valence-corrected chi connectivity index (χ2v) is 6.74. The third kappa shape index (κ3) is 4.68. The average Bonchev–Trinajstić information content (AvgIpc) is 3.21. The smallest absolute Gasteiger partial charge is 0.224 e. The van der Waals surface area contributed by atoms with Crippen molar-refractivity contribution in [3.63, 3.8) is 0 Å². The van der Waals surface area contributed by atoms with Gasteiger partial charge in [0.25, 0.3) is 0 Å². The van der Waals surface area contributed by atoms with Crippen molar-refractivity contribution in [3.05, 3.63) is 70.5 Å². The predicted octanol–water partition coefficient (Wildman–Crippen LogP) is 3.51. The van der Waals surface area contributed by atoms with Crippen molar-refractivity contribution in [2.24, 2.45) is 0 Å². The molecule has 7 heteroatoms. The van der Waals surface area contributed by atoms with Gasteiger partial charge in [0.15, 0.2) is 11.5 Å². The summed E-state index contributed by atoms with van der Waals surface area (Å²) in [5.74, 6) is 1.20. The maximum atomic E-state index is 12.3. The Morgan fingerprint density at radius 2 is 1.93 bits per heavy atom. The van der Waals surface area contributed by atoms with E-state index in [1.807, 2.05) is 48.7 Å². The maximum absolute atomic E-state index is 12.3. The van der Waals surface area contributed by atoms with Crippen LogP contribution < -0.4 is 14.8 Å². The molecule has 0 radical (unpaired) electrons. The van der Waals surface area contributed by atoms with Gasteiger partial charge in [0.1, 0.15) is 0 Å². The molecule has 27 heavy (non-hydrogen) atoms. The first-order valence-electron chi connectivity index (χ1n) is 8.36. The first-order valence-corrected chi connectivity index (χ1v) is 9.16. The molecule has 3 rings (SSSR count). The van der Waals surface area contributed by atoms with Crippen molar-refractivity contribution >= 4 is 21.8 Å². The number of halogens is 1. The molecule has 1 aromatic heterocycles. The van der Waals surface area contributed by atoms with Gasteiger partial charge in [-0.05, 0) is 57.4 Å². The fraction of sp³-hybridized carbons (Fsp3) is 0.200. The van der Waals surface area contributed by atoms with E-state index >= 15 is 0 Å². The second-order valence-electron chi connectivity index (χ2n) is 5.88. The lowest BCUT2D eigenvalue weighted by Gasteiger charge is -2.12. The normalized spacial score (nSPS) is 10.5. The molecule has 1 N–H and O–H groups in total. The number of hydrogen-bond donors (Lipinski definition) is 1. The largest absolute Gasteiger partial charge is 0.493 e. The molecule has 2 aromatic carbocycles. The predicted molar refractivity (Wildman–Crippen MR) is 106 cm³/mol. The molecule has 0 aliphatic carbocycles. The molecule has 1 amide bonds. The molecular formula is C20H20BrN3O3. The van der Waals surface area contributed by atoms with E-state index in [0.29, 0.717) is 24.5 Å². The highest BCUT2D eigenvalue weighted by atomic mass is 79.9. The van der Waals surface area contributed by atoms with Gasteiger partial charge in [-0.2, -0.15) is 5.10 Å². The van der Waals surface area contributed by atoms with Crippen LogP contribution in [-0.2, 0) is 17.8 Å². The first kappa shape index (κ1) is 19.0. The summed E-state index contributed by atoms with van der Waals surface area (Å²) in [7, 11) is 3.17. The molecule has 0 fully saturated rings. The van der Waals surface area contributed by atoms with Gasteiger partial charge in [-0.15, -0.1) is 0 Å². The lowest BCUT2D eigenvalue weighted by Crippen LogP contribution is -2.24. The van der Waals surface area contributed by atoms with Gasteiger partial charge in [-0.1, -0.05) is 12.1 Å². The third-order valence-electron chi connectivity index (χ3n) is 4.05. The number of carbonyl (C=O) groups is 1. The number of amides is 1. The Hall–Kier alpha value is -2.80. The van der Waals surface area contributed by atoms with Gasteiger partial charge in [0.05, 0.1) is 30.8 Å². The number of carbonyl (C=O) groups excluding carboxylic acids is 1. The van der Waals surface area contributed by atoms with Crippen molar-refractivity contribution in [2.75, 3.05) is 14.2 Å². The van der Waals surface area contributed by atoms with Crippen LogP contribution >= 0.6 is 15.9 Å². The Kier molecular flexibility index (Phi) is 6.13. The third-order valence-corrected chi connectivity index (χ3v) is 4.64. The lowest BCUT2D eigenvalue weighted by molar-refractivity contribution is -0.120. The summed E-state index contributed by atoms with van der Waals surface area (Å²) in [5.41, 5.74) is 2.82. The van der Waals surface area contributed by atoms with Gasteiger partial charge in [0.2, 0.25) is 5.91 Å². The molecule has 0 bridgehead atoms. The van der Waals surface area contributed by atoms with Crippen molar-refractivity contribution in [2.45, 2.75) is 13.0 Å². The van der Waals surface area contributed by atoms with Gasteiger partial charge in [-0.3, -0.25) is 4.79 Å². The van der Waals surface area contributed by atoms with Crippen LogP contribution in [0.3, 0.4) is 0 Å². The molecule has 0 atom stereocenters. The second kappa shape index (κ2) is 8.73. The van der Waals surface area contributed by atoms with Gasteiger partial charge < -0.3 is 14.8 Å². The highest BCUT2D eigenvalue weighted by Gasteiger charge is 2.11. The van der Waals surface area contributed by atoms with Gasteiger partial charge in [-0.25, -0.2) is 4.68 Å². The zero-order valence-electron chi connectivity index (χ0n) is 15.1. The van der Waals surface area contributed by atoms with E-state index in [-0.39, 0.29) is 5.91 Å². The summed E-state index contributed by atoms with van der Waals surface area (Å²) in [6.45, 7) is 0.406. The molecule has 6 nitrogen and oxygen atoms in total. The number of rotatable bonds is 7. The maximum Gasteiger partial charge on any atom is 0.224 e. The zero-order chi connectivity index (χ0) is 19.2. The number of aromatic nitrogens is 2. The van der Waals surface area contributed by atoms with Crippen LogP contribution in [0.2, 0.25) is 0 Å². The van der Waals surface area contributed by atoms with Crippen LogP contribution in [0.15, 0.2) is 59.3 Å². The van der Waals surface area contributed by atoms with Crippen molar-refractivity contribution in [1.29, 1.82) is 0 Å². The molecule has 0 aliphatic rings. The fourth-order valence-corrected chi connectivity index (χ4v) is 3.36. The van der Waals surface area contributed by atoms with E-state index in [2.05, 4.69) is 26.3 Å². The number of benzene rings is 2. The number of nitrogens with one attached hydrogen (secondary N) is 1. The highest BCUT2D eigenvalue weighted by Crippen LogP contribution is 2.36. The molecule has 0 saturated carbocycles. The fourth-order valence-electron chi connectivity index (χ4n) is 2.71. The van der Waals surface area contributed by atoms with Crippen LogP contribution in [0.5, 0.6) is 11.5 Å². The molecule has 0 aliphatic heterocycles. The van der Waals surface area contributed by atoms with E-state index < -0.39 is 0 Å². The van der Waals surface area contributed by atoms with E-state index in [9.17, 15) is 4.79 Å². The van der Waals surface area contributed by atoms with Crippen LogP contribution in [0.1, 0.15) is 11.1 Å². The summed E-state index contributed by atoms with van der Waals surface area (Å²) >= 11 is 3.46. The van der Waals surface area contributed by atoms with Crippen LogP contribution in [0.25, 0.3) is 5.69 Å². The number of nitrogens with zero attached hydrogens (tertiary/aromatic N) is 2. The quantitative estimate of drug-likeness (QED) is 0.623. The standard InChI is InChI=1S/C20H20BrN3O3/c1-26-18-11-15(10-17(21)20(18)27-2)13-22-19(25)12-14-4-6-16(7-5-14)24-9-3-8-23-24/h3-11H,12-13H2,1-2H3,(H,22,25). The highest BCUT2D eigenvalue weighted by molar-refractivity contribution is 9.10. The van der Waals surface area contributed by atoms with Crippen molar-refractivity contribution in [3.8, 4) is 17.2 Å². The summed E-state index contributed by atoms with van der Waals surface area (Å²) in [6, 6.07) is 13.4. The van der Waals surface area contributed by atoms with Crippen LogP contribution in [-0.4, -0.2) is 29.9 Å². The Morgan fingerprint density at radius 1 is 1.15 bits per heavy atom. The van der Waals surface area contributed by atoms with Crippen LogP contribution in [0, 0.1) is 0 Å². The topological polar surface area (TPSA) is 65.4 Å². The average molecular weight is 430 g/mol. The molecule has 0 spiro atoms. The molecule has 3 aromatic rings. The molecule has 1 heterocycles. The molecule has 0 saturated heterocycles. The minimum Gasteiger partial charge on any atom is -0.493 e. The molecular weight excluding hydrogens is 410 g/mol. The van der Waals surface area contributed by atoms with Gasteiger partial charge >= 0.3 is 0 Å². The molecule has 140 valence electrons. The van der Waals surface area contributed by atoms with Crippen molar-refractivity contribution < 1.29 is 14.3 Å². The zero-order valence-corrected chi connectivity index (χ0v) is 16.7. The Bertz CT molecular complexity index is 909. The first-order chi connectivity index (χ1) is 13.1. The van der Waals surface area contributed by atoms with E-state index in [1.54, 1.807) is 25.1 Å². The summed E-state index contributed by atoms with van der Waals surface area (Å²) in [6.07, 6.45) is 3.92. The Labute approximate surface area is 166 Å². The van der Waals surface area contributed by atoms with E-state index in [4.69, 9.17) is 9.47 Å². The van der Waals surface area contributed by atoms with Crippen LogP contribution in [0.4, 0.5) is 0 Å². The van der Waals surface area contributed by atoms with Gasteiger partial charge in [0, 0.05) is 18.9 Å². The summed E-state index contributed by atoms with van der Waals surface area (Å²) in [4.78, 5) is 12.3. The summed E-state index contributed by atoms with van der Waals surface area (Å²) < 4.78 is 13.2. The Balaban J connectivity index is 1.59. The molecule has 0 unspecified atom stereocenters. The summed E-state index contributed by atoms with van der Waals surface area (Å²) in [5, 5.41) is 7.12. The number of ether oxygens (including phenoxy) is 2. The Morgan fingerprint density at radius 3 is 2.56 bits per heavy atom. The van der Waals surface area contributed by atoms with E-state index in [1.165, 1.54) is 0 Å². The minimum atomic E-state index is -0.0484. The van der Waals surface area contributed by atoms with E-state index in [0.717, 1.165) is 21.3 Å². The minimum absolute atomic E-state index is 0.0484. The van der Waals surface area contributed by atoms with Crippen molar-refractivity contribution in [1.82, 2.24) is 15.1 Å². The number of methoxy groups -OCH3 is 2. The number of hydrogen-bond acceptors (Lipinski definition) is 4.